The molecule has 0 amide bonds. The van der Waals surface area contributed by atoms with Gasteiger partial charge in [0.05, 0.1) is 59.7 Å². The average molecular weight is 509 g/mol. The minimum absolute atomic E-state index is 0.301. The first-order valence-electron chi connectivity index (χ1n) is 12.3. The predicted molar refractivity (Wildman–Crippen MR) is 145 cm³/mol. The van der Waals surface area contributed by atoms with Crippen LogP contribution in [0.25, 0.3) is 0 Å². The van der Waals surface area contributed by atoms with Crippen molar-refractivity contribution in [1.82, 2.24) is 0 Å². The van der Waals surface area contributed by atoms with Crippen molar-refractivity contribution in [3.63, 3.8) is 0 Å². The molecule has 0 aliphatic carbocycles. The molecule has 0 aliphatic heterocycles. The highest BCUT2D eigenvalue weighted by atomic mass is 16.5. The van der Waals surface area contributed by atoms with Crippen LogP contribution in [0.3, 0.4) is 0 Å². The quantitative estimate of drug-likeness (QED) is 0.256. The molecule has 0 saturated carbocycles. The van der Waals surface area contributed by atoms with Crippen molar-refractivity contribution in [3.8, 4) is 35.8 Å². The first-order chi connectivity index (χ1) is 19.0. The average Bonchev–Trinajstić information content (AvgIpc) is 3.00. The van der Waals surface area contributed by atoms with Gasteiger partial charge < -0.3 is 9.47 Å². The Morgan fingerprint density at radius 2 is 0.718 bits per heavy atom. The molecule has 4 aromatic rings. The Morgan fingerprint density at radius 1 is 0.436 bits per heavy atom. The summed E-state index contributed by atoms with van der Waals surface area (Å²) in [7, 11) is 0. The fraction of sp³-hybridized carbons (Fsp3) is 0.152. The Balaban J connectivity index is 1.68. The van der Waals surface area contributed by atoms with Crippen molar-refractivity contribution in [2.75, 3.05) is 13.2 Å². The van der Waals surface area contributed by atoms with Gasteiger partial charge in [0.1, 0.15) is 11.5 Å². The normalized spacial score (nSPS) is 10.4. The van der Waals surface area contributed by atoms with Gasteiger partial charge in [-0.2, -0.15) is 21.0 Å². The Bertz CT molecular complexity index is 1440. The van der Waals surface area contributed by atoms with Gasteiger partial charge in [-0.15, -0.1) is 0 Å². The molecule has 0 spiro atoms. The summed E-state index contributed by atoms with van der Waals surface area (Å²) in [4.78, 5) is 0. The van der Waals surface area contributed by atoms with Gasteiger partial charge in [-0.3, -0.25) is 0 Å². The van der Waals surface area contributed by atoms with E-state index in [1.54, 1.807) is 72.8 Å². The summed E-state index contributed by atoms with van der Waals surface area (Å²) in [5.74, 6) is 1.27. The van der Waals surface area contributed by atoms with Crippen molar-refractivity contribution in [1.29, 1.82) is 21.0 Å². The van der Waals surface area contributed by atoms with Gasteiger partial charge in [-0.1, -0.05) is 24.3 Å². The molecule has 6 heteroatoms. The van der Waals surface area contributed by atoms with Crippen LogP contribution < -0.4 is 9.47 Å². The first kappa shape index (κ1) is 26.5. The molecule has 4 aromatic carbocycles. The summed E-state index contributed by atoms with van der Waals surface area (Å²) in [6.45, 7) is 0.602. The largest absolute Gasteiger partial charge is 0.493 e. The molecule has 0 atom stereocenters. The number of rotatable bonds is 10. The van der Waals surface area contributed by atoms with Crippen LogP contribution >= 0.6 is 0 Å². The molecule has 4 rings (SSSR count). The van der Waals surface area contributed by atoms with E-state index in [-0.39, 0.29) is 0 Å². The van der Waals surface area contributed by atoms with E-state index >= 15 is 0 Å². The van der Waals surface area contributed by atoms with E-state index in [0.717, 1.165) is 11.1 Å². The van der Waals surface area contributed by atoms with Gasteiger partial charge in [0.15, 0.2) is 0 Å². The monoisotopic (exact) mass is 508 g/mol. The molecule has 188 valence electrons. The van der Waals surface area contributed by atoms with Crippen molar-refractivity contribution < 1.29 is 9.47 Å². The van der Waals surface area contributed by atoms with Crippen LogP contribution in [0.4, 0.5) is 0 Å². The van der Waals surface area contributed by atoms with E-state index in [1.807, 2.05) is 24.3 Å². The van der Waals surface area contributed by atoms with Crippen LogP contribution in [-0.2, 0) is 12.8 Å². The molecule has 0 fully saturated rings. The van der Waals surface area contributed by atoms with Gasteiger partial charge in [0.2, 0.25) is 0 Å². The highest BCUT2D eigenvalue weighted by Crippen LogP contribution is 2.32. The lowest BCUT2D eigenvalue weighted by Gasteiger charge is -2.34. The number of hydrogen-bond donors (Lipinski definition) is 0. The second-order valence-corrected chi connectivity index (χ2v) is 9.32. The van der Waals surface area contributed by atoms with Crippen molar-refractivity contribution >= 4 is 0 Å². The molecule has 0 aromatic heterocycles. The molecule has 0 unspecified atom stereocenters. The maximum atomic E-state index is 9.24. The molecule has 0 aliphatic rings. The number of nitriles is 4. The standard InChI is InChI=1S/C33H24N4O2/c34-19-27-5-1-25(2-6-27)17-33(18-26-3-7-28(20-35)8-4-26,23-38-31-13-9-29(21-36)10-14-31)24-39-32-15-11-30(22-37)12-16-32/h1-16H,17-18,23-24H2. The Kier molecular flexibility index (Phi) is 8.56. The minimum Gasteiger partial charge on any atom is -0.493 e. The third kappa shape index (κ3) is 7.24. The van der Waals surface area contributed by atoms with Crippen LogP contribution in [-0.4, -0.2) is 13.2 Å². The van der Waals surface area contributed by atoms with Crippen LogP contribution in [0.5, 0.6) is 11.5 Å². The lowest BCUT2D eigenvalue weighted by molar-refractivity contribution is 0.0777. The number of nitrogens with zero attached hydrogens (tertiary/aromatic N) is 4. The van der Waals surface area contributed by atoms with E-state index in [9.17, 15) is 10.5 Å². The second kappa shape index (κ2) is 12.6. The molecule has 0 heterocycles. The molecule has 0 N–H and O–H groups in total. The molecule has 0 radical (unpaired) electrons. The van der Waals surface area contributed by atoms with E-state index in [4.69, 9.17) is 20.0 Å². The van der Waals surface area contributed by atoms with Gasteiger partial charge in [0.25, 0.3) is 0 Å². The zero-order chi connectivity index (χ0) is 27.5. The van der Waals surface area contributed by atoms with Gasteiger partial charge >= 0.3 is 0 Å². The SMILES string of the molecule is N#Cc1ccc(CC(COc2ccc(C#N)cc2)(COc2ccc(C#N)cc2)Cc2ccc(C#N)cc2)cc1. The Morgan fingerprint density at radius 3 is 1.00 bits per heavy atom. The summed E-state index contributed by atoms with van der Waals surface area (Å²) < 4.78 is 12.6. The molecular formula is C33H24N4O2. The summed E-state index contributed by atoms with van der Waals surface area (Å²) >= 11 is 0. The maximum absolute atomic E-state index is 9.24. The number of hydrogen-bond acceptors (Lipinski definition) is 6. The van der Waals surface area contributed by atoms with E-state index in [2.05, 4.69) is 24.3 Å². The van der Waals surface area contributed by atoms with Crippen molar-refractivity contribution in [3.05, 3.63) is 130 Å². The summed E-state index contributed by atoms with van der Waals surface area (Å²) in [5, 5.41) is 36.8. The molecule has 0 saturated heterocycles. The van der Waals surface area contributed by atoms with Crippen LogP contribution in [0.1, 0.15) is 33.4 Å². The van der Waals surface area contributed by atoms with Crippen molar-refractivity contribution in [2.45, 2.75) is 12.8 Å². The van der Waals surface area contributed by atoms with Crippen molar-refractivity contribution in [2.24, 2.45) is 5.41 Å². The van der Waals surface area contributed by atoms with E-state index in [1.165, 1.54) is 0 Å². The molecule has 39 heavy (non-hydrogen) atoms. The van der Waals surface area contributed by atoms with Crippen LogP contribution in [0.2, 0.25) is 0 Å². The van der Waals surface area contributed by atoms with E-state index < -0.39 is 5.41 Å². The second-order valence-electron chi connectivity index (χ2n) is 9.32. The topological polar surface area (TPSA) is 114 Å². The third-order valence-corrected chi connectivity index (χ3v) is 6.38. The first-order valence-corrected chi connectivity index (χ1v) is 12.3. The van der Waals surface area contributed by atoms with Gasteiger partial charge in [0, 0.05) is 5.41 Å². The highest BCUT2D eigenvalue weighted by Gasteiger charge is 2.34. The minimum atomic E-state index is -0.551. The number of benzene rings is 4. The predicted octanol–water partition coefficient (Wildman–Crippen LogP) is 6.10. The number of ether oxygens (including phenoxy) is 2. The van der Waals surface area contributed by atoms with Crippen LogP contribution in [0.15, 0.2) is 97.1 Å². The zero-order valence-electron chi connectivity index (χ0n) is 21.2. The smallest absolute Gasteiger partial charge is 0.119 e. The summed E-state index contributed by atoms with van der Waals surface area (Å²) in [6, 6.07) is 37.4. The lowest BCUT2D eigenvalue weighted by atomic mass is 9.77. The third-order valence-electron chi connectivity index (χ3n) is 6.38. The zero-order valence-corrected chi connectivity index (χ0v) is 21.2. The Hall–Kier alpha value is -5.56. The summed E-state index contributed by atoms with van der Waals surface area (Å²) in [6.07, 6.45) is 1.18. The molecular weight excluding hydrogens is 484 g/mol. The lowest BCUT2D eigenvalue weighted by Crippen LogP contribution is -2.39. The fourth-order valence-electron chi connectivity index (χ4n) is 4.29. The van der Waals surface area contributed by atoms with Crippen LogP contribution in [0, 0.1) is 50.7 Å². The van der Waals surface area contributed by atoms with Gasteiger partial charge in [-0.05, 0) is 96.8 Å². The maximum Gasteiger partial charge on any atom is 0.119 e. The highest BCUT2D eigenvalue weighted by molar-refractivity contribution is 5.37. The van der Waals surface area contributed by atoms with E-state index in [0.29, 0.717) is 59.8 Å². The molecule has 0 bridgehead atoms. The fourth-order valence-corrected chi connectivity index (χ4v) is 4.29. The Labute approximate surface area is 228 Å². The van der Waals surface area contributed by atoms with Gasteiger partial charge in [-0.25, -0.2) is 0 Å². The summed E-state index contributed by atoms with van der Waals surface area (Å²) in [5.41, 5.74) is 3.76. The molecule has 6 nitrogen and oxygen atoms in total.